The highest BCUT2D eigenvalue weighted by Gasteiger charge is 2.27. The molecule has 0 radical (unpaired) electrons. The molecule has 144 valence electrons. The summed E-state index contributed by atoms with van der Waals surface area (Å²) < 4.78 is 17.4. The van der Waals surface area contributed by atoms with Crippen molar-refractivity contribution in [3.63, 3.8) is 0 Å². The van der Waals surface area contributed by atoms with E-state index in [9.17, 15) is 18.8 Å². The predicted octanol–water partition coefficient (Wildman–Crippen LogP) is 4.46. The first-order valence-electron chi connectivity index (χ1n) is 8.64. The lowest BCUT2D eigenvalue weighted by atomic mass is 10.1. The van der Waals surface area contributed by atoms with Crippen molar-refractivity contribution in [3.8, 4) is 0 Å². The van der Waals surface area contributed by atoms with E-state index in [-0.39, 0.29) is 37.7 Å². The van der Waals surface area contributed by atoms with E-state index in [0.29, 0.717) is 12.0 Å². The number of hydrogen-bond acceptors (Lipinski definition) is 4. The Kier molecular flexibility index (Phi) is 10.1. The fraction of sp³-hybridized carbons (Fsp3) is 0.286. The first-order valence-corrected chi connectivity index (χ1v) is 8.64. The molecule has 0 N–H and O–H groups in total. The molecule has 2 rings (SSSR count). The van der Waals surface area contributed by atoms with Gasteiger partial charge in [0.1, 0.15) is 12.4 Å². The molecule has 1 aliphatic heterocycles. The molecule has 1 fully saturated rings. The number of ether oxygens (including phenoxy) is 1. The smallest absolute Gasteiger partial charge is 0.416 e. The Balaban J connectivity index is 0.000000445. The van der Waals surface area contributed by atoms with Crippen LogP contribution in [0, 0.1) is 5.82 Å². The van der Waals surface area contributed by atoms with Crippen molar-refractivity contribution in [2.75, 3.05) is 13.2 Å². The molecule has 0 spiro atoms. The third-order valence-electron chi connectivity index (χ3n) is 3.60. The highest BCUT2D eigenvalue weighted by molar-refractivity contribution is 5.96. The minimum atomic E-state index is -0.625. The van der Waals surface area contributed by atoms with Gasteiger partial charge in [-0.2, -0.15) is 0 Å². The first kappa shape index (κ1) is 22.0. The molecular formula is C21H24FNO4. The lowest BCUT2D eigenvalue weighted by molar-refractivity contribution is -0.127. The quantitative estimate of drug-likeness (QED) is 0.383. The maximum absolute atomic E-state index is 12.7. The zero-order valence-corrected chi connectivity index (χ0v) is 15.2. The van der Waals surface area contributed by atoms with Crippen molar-refractivity contribution in [2.24, 2.45) is 0 Å². The number of ketones is 1. The summed E-state index contributed by atoms with van der Waals surface area (Å²) in [6, 6.07) is 5.27. The topological polar surface area (TPSA) is 63.7 Å². The fourth-order valence-electron chi connectivity index (χ4n) is 2.21. The van der Waals surface area contributed by atoms with Gasteiger partial charge >= 0.3 is 6.09 Å². The number of carbonyl (C=O) groups excluding carboxylic acids is 3. The van der Waals surface area contributed by atoms with E-state index in [1.165, 1.54) is 24.3 Å². The molecule has 0 aliphatic carbocycles. The number of carbonyl (C=O) groups is 3. The van der Waals surface area contributed by atoms with E-state index in [1.54, 1.807) is 6.08 Å². The van der Waals surface area contributed by atoms with E-state index >= 15 is 0 Å². The van der Waals surface area contributed by atoms with Crippen LogP contribution in [-0.4, -0.2) is 35.8 Å². The molecule has 6 heteroatoms. The number of amides is 2. The second kappa shape index (κ2) is 12.4. The van der Waals surface area contributed by atoms with Gasteiger partial charge in [-0.05, 0) is 37.1 Å². The SMILES string of the molecule is C=C/C=C\CC=C.O=C(CCCC(=O)N1CCOC1=O)c1ccc(F)cc1. The van der Waals surface area contributed by atoms with Gasteiger partial charge < -0.3 is 4.74 Å². The first-order chi connectivity index (χ1) is 13.0. The monoisotopic (exact) mass is 373 g/mol. The molecule has 27 heavy (non-hydrogen) atoms. The van der Waals surface area contributed by atoms with E-state index in [2.05, 4.69) is 17.9 Å². The molecule has 5 nitrogen and oxygen atoms in total. The lowest BCUT2D eigenvalue weighted by Crippen LogP contribution is -2.31. The van der Waals surface area contributed by atoms with Crippen LogP contribution < -0.4 is 0 Å². The van der Waals surface area contributed by atoms with Crippen LogP contribution in [0.1, 0.15) is 36.0 Å². The van der Waals surface area contributed by atoms with Gasteiger partial charge in [-0.25, -0.2) is 14.1 Å². The highest BCUT2D eigenvalue weighted by Crippen LogP contribution is 2.11. The molecule has 1 aromatic rings. The zero-order valence-electron chi connectivity index (χ0n) is 15.2. The molecule has 0 atom stereocenters. The van der Waals surface area contributed by atoms with Crippen LogP contribution in [0.5, 0.6) is 0 Å². The number of allylic oxidation sites excluding steroid dienone is 4. The van der Waals surface area contributed by atoms with Crippen molar-refractivity contribution in [3.05, 3.63) is 73.1 Å². The third-order valence-corrected chi connectivity index (χ3v) is 3.60. The van der Waals surface area contributed by atoms with Crippen LogP contribution >= 0.6 is 0 Å². The van der Waals surface area contributed by atoms with Crippen LogP contribution in [-0.2, 0) is 9.53 Å². The van der Waals surface area contributed by atoms with Gasteiger partial charge in [0.2, 0.25) is 5.91 Å². The maximum atomic E-state index is 12.7. The molecule has 0 saturated carbocycles. The van der Waals surface area contributed by atoms with Crippen LogP contribution in [0.2, 0.25) is 0 Å². The van der Waals surface area contributed by atoms with Crippen molar-refractivity contribution in [2.45, 2.75) is 25.7 Å². The minimum absolute atomic E-state index is 0.113. The summed E-state index contributed by atoms with van der Waals surface area (Å²) in [6.45, 7) is 7.55. The van der Waals surface area contributed by atoms with Gasteiger partial charge in [-0.3, -0.25) is 9.59 Å². The Hall–Kier alpha value is -3.02. The molecule has 1 aromatic carbocycles. The van der Waals surface area contributed by atoms with Gasteiger partial charge in [0, 0.05) is 18.4 Å². The Labute approximate surface area is 158 Å². The van der Waals surface area contributed by atoms with Crippen LogP contribution in [0.3, 0.4) is 0 Å². The van der Waals surface area contributed by atoms with Crippen LogP contribution in [0.4, 0.5) is 9.18 Å². The molecule has 1 aliphatic rings. The van der Waals surface area contributed by atoms with Crippen molar-refractivity contribution in [1.29, 1.82) is 0 Å². The van der Waals surface area contributed by atoms with Gasteiger partial charge in [0.15, 0.2) is 5.78 Å². The van der Waals surface area contributed by atoms with Gasteiger partial charge in [-0.15, -0.1) is 6.58 Å². The van der Waals surface area contributed by atoms with Gasteiger partial charge in [0.05, 0.1) is 6.54 Å². The number of Topliss-reactive ketones (excluding diaryl/α,β-unsaturated/α-hetero) is 1. The van der Waals surface area contributed by atoms with E-state index in [0.717, 1.165) is 11.3 Å². The Morgan fingerprint density at radius 3 is 2.44 bits per heavy atom. The number of imide groups is 1. The molecule has 0 unspecified atom stereocenters. The summed E-state index contributed by atoms with van der Waals surface area (Å²) in [4.78, 5) is 35.7. The summed E-state index contributed by atoms with van der Waals surface area (Å²) in [7, 11) is 0. The Morgan fingerprint density at radius 1 is 1.19 bits per heavy atom. The van der Waals surface area contributed by atoms with Crippen LogP contribution in [0.25, 0.3) is 0 Å². The molecule has 2 amide bonds. The number of cyclic esters (lactones) is 1. The number of benzene rings is 1. The Morgan fingerprint density at radius 2 is 1.89 bits per heavy atom. The van der Waals surface area contributed by atoms with Gasteiger partial charge in [0.25, 0.3) is 0 Å². The van der Waals surface area contributed by atoms with Gasteiger partial charge in [-0.1, -0.05) is 30.9 Å². The molecule has 1 heterocycles. The zero-order chi connectivity index (χ0) is 20.1. The normalized spacial score (nSPS) is 12.9. The Bertz CT molecular complexity index is 695. The highest BCUT2D eigenvalue weighted by atomic mass is 19.1. The summed E-state index contributed by atoms with van der Waals surface area (Å²) in [5.74, 6) is -0.884. The van der Waals surface area contributed by atoms with Crippen LogP contribution in [0.15, 0.2) is 61.7 Å². The fourth-order valence-corrected chi connectivity index (χ4v) is 2.21. The molecule has 0 bridgehead atoms. The average Bonchev–Trinajstić information content (AvgIpc) is 3.09. The largest absolute Gasteiger partial charge is 0.447 e. The third kappa shape index (κ3) is 8.27. The van der Waals surface area contributed by atoms with Crippen molar-refractivity contribution >= 4 is 17.8 Å². The molecular weight excluding hydrogens is 349 g/mol. The van der Waals surface area contributed by atoms with E-state index in [4.69, 9.17) is 0 Å². The number of halogens is 1. The second-order valence-electron chi connectivity index (χ2n) is 5.63. The van der Waals surface area contributed by atoms with E-state index < -0.39 is 11.9 Å². The van der Waals surface area contributed by atoms with Crippen molar-refractivity contribution < 1.29 is 23.5 Å². The lowest BCUT2D eigenvalue weighted by Gasteiger charge is -2.09. The summed E-state index contributed by atoms with van der Waals surface area (Å²) in [5, 5.41) is 0. The molecule has 1 saturated heterocycles. The molecule has 0 aromatic heterocycles. The predicted molar refractivity (Wildman–Crippen MR) is 102 cm³/mol. The number of nitrogens with zero attached hydrogens (tertiary/aromatic N) is 1. The number of hydrogen-bond donors (Lipinski definition) is 0. The average molecular weight is 373 g/mol. The summed E-state index contributed by atoms with van der Waals surface area (Å²) in [5.41, 5.74) is 0.416. The standard InChI is InChI=1S/C14H14FNO4.C7H10/c15-11-6-4-10(5-7-11)12(17)2-1-3-13(18)16-8-9-20-14(16)19;1-3-5-7-6-4-2/h4-7H,1-3,8-9H2;3-5,7H,1-2,6H2/b;7-5-. The summed E-state index contributed by atoms with van der Waals surface area (Å²) in [6.07, 6.45) is 8.46. The minimum Gasteiger partial charge on any atom is -0.447 e. The maximum Gasteiger partial charge on any atom is 0.416 e. The number of rotatable bonds is 8. The second-order valence-corrected chi connectivity index (χ2v) is 5.63. The van der Waals surface area contributed by atoms with Crippen molar-refractivity contribution in [1.82, 2.24) is 4.90 Å². The van der Waals surface area contributed by atoms with E-state index in [1.807, 2.05) is 18.2 Å². The summed E-state index contributed by atoms with van der Waals surface area (Å²) >= 11 is 0.